The van der Waals surface area contributed by atoms with Crippen LogP contribution in [0.4, 0.5) is 0 Å². The number of hydrogen-bond donors (Lipinski definition) is 0. The van der Waals surface area contributed by atoms with Gasteiger partial charge in [0.25, 0.3) is 0 Å². The Labute approximate surface area is 247 Å². The van der Waals surface area contributed by atoms with Crippen molar-refractivity contribution in [1.82, 2.24) is 0 Å². The van der Waals surface area contributed by atoms with Gasteiger partial charge in [-0.1, -0.05) is 109 Å². The second-order valence-electron chi connectivity index (χ2n) is 11.2. The van der Waals surface area contributed by atoms with Crippen molar-refractivity contribution in [1.29, 1.82) is 0 Å². The molecule has 0 nitrogen and oxygen atoms in total. The van der Waals surface area contributed by atoms with Crippen molar-refractivity contribution in [2.75, 3.05) is 0 Å². The molecule has 1 aliphatic rings. The maximum Gasteiger partial charge on any atom is 0.0399 e. The molecule has 0 saturated heterocycles. The first-order chi connectivity index (χ1) is 20.3. The first-order valence-corrected chi connectivity index (χ1v) is 16.0. The minimum Gasteiger partial charge on any atom is -0.135 e. The molecule has 0 amide bonds. The van der Waals surface area contributed by atoms with Gasteiger partial charge >= 0.3 is 0 Å². The van der Waals surface area contributed by atoms with Crippen LogP contribution in [0.25, 0.3) is 62.6 Å². The molecular formula is C39H26S2. The highest BCUT2D eigenvalue weighted by molar-refractivity contribution is 7.26. The summed E-state index contributed by atoms with van der Waals surface area (Å²) in [7, 11) is 0. The second-order valence-corrected chi connectivity index (χ2v) is 13.3. The standard InChI is InChI=1S/C39H26S2/c1-2-8-25(9-3-1)26-16-19-31-30-17-14-24(22-36(30)40-37(31)23-26)15-18-32-27-10-4-5-11-28(27)33-20-21-34-29-12-6-7-13-35(29)41-39(34)38(32)33/h1-14,16-17,19-23,32H,15,18H2/t32-/m0/s1. The summed E-state index contributed by atoms with van der Waals surface area (Å²) >= 11 is 3.89. The summed E-state index contributed by atoms with van der Waals surface area (Å²) in [5, 5.41) is 5.53. The van der Waals surface area contributed by atoms with Crippen LogP contribution in [0.3, 0.4) is 0 Å². The minimum atomic E-state index is 0.421. The highest BCUT2D eigenvalue weighted by Gasteiger charge is 2.31. The summed E-state index contributed by atoms with van der Waals surface area (Å²) in [5.74, 6) is 0.421. The van der Waals surface area contributed by atoms with Gasteiger partial charge in [-0.3, -0.25) is 0 Å². The van der Waals surface area contributed by atoms with Gasteiger partial charge < -0.3 is 0 Å². The number of rotatable bonds is 4. The van der Waals surface area contributed by atoms with E-state index in [1.165, 1.54) is 73.7 Å². The van der Waals surface area contributed by atoms with Crippen LogP contribution in [-0.4, -0.2) is 0 Å². The van der Waals surface area contributed by atoms with Crippen LogP contribution in [0.2, 0.25) is 0 Å². The molecule has 0 unspecified atom stereocenters. The molecule has 0 bridgehead atoms. The SMILES string of the molecule is c1ccc(-c2ccc3c(c2)sc2cc(CC[C@H]4c5ccccc5-c5ccc6c(sc7ccccc76)c54)ccc23)cc1. The van der Waals surface area contributed by atoms with E-state index in [1.807, 2.05) is 22.7 Å². The number of thiophene rings is 2. The van der Waals surface area contributed by atoms with Crippen molar-refractivity contribution >= 4 is 63.0 Å². The first kappa shape index (κ1) is 23.5. The maximum absolute atomic E-state index is 2.45. The van der Waals surface area contributed by atoms with E-state index in [4.69, 9.17) is 0 Å². The summed E-state index contributed by atoms with van der Waals surface area (Å²) in [6.45, 7) is 0. The predicted octanol–water partition coefficient (Wildman–Crippen LogP) is 11.8. The van der Waals surface area contributed by atoms with E-state index in [0.717, 1.165) is 12.8 Å². The van der Waals surface area contributed by atoms with Crippen molar-refractivity contribution in [3.05, 3.63) is 144 Å². The largest absolute Gasteiger partial charge is 0.135 e. The molecule has 0 spiro atoms. The second kappa shape index (κ2) is 9.14. The summed E-state index contributed by atoms with van der Waals surface area (Å²) in [5.41, 5.74) is 9.88. The van der Waals surface area contributed by atoms with Gasteiger partial charge in [-0.15, -0.1) is 22.7 Å². The third-order valence-corrected chi connectivity index (χ3v) is 11.3. The molecule has 1 atom stereocenters. The molecule has 1 aliphatic carbocycles. The number of aryl methyl sites for hydroxylation is 1. The zero-order chi connectivity index (χ0) is 26.9. The molecule has 8 aromatic rings. The normalized spacial score (nSPS) is 14.3. The summed E-state index contributed by atoms with van der Waals surface area (Å²) in [6.07, 6.45) is 2.19. The molecule has 2 aromatic heterocycles. The average Bonchev–Trinajstić information content (AvgIpc) is 3.69. The van der Waals surface area contributed by atoms with Crippen molar-refractivity contribution < 1.29 is 0 Å². The van der Waals surface area contributed by atoms with E-state index in [9.17, 15) is 0 Å². The number of benzene rings is 6. The zero-order valence-corrected chi connectivity index (χ0v) is 24.1. The van der Waals surface area contributed by atoms with E-state index >= 15 is 0 Å². The Bertz CT molecular complexity index is 2270. The molecule has 0 radical (unpaired) electrons. The van der Waals surface area contributed by atoms with Gasteiger partial charge in [0.2, 0.25) is 0 Å². The summed E-state index contributed by atoms with van der Waals surface area (Å²) in [4.78, 5) is 0. The van der Waals surface area contributed by atoms with E-state index in [2.05, 4.69) is 127 Å². The predicted molar refractivity (Wildman–Crippen MR) is 180 cm³/mol. The highest BCUT2D eigenvalue weighted by atomic mass is 32.1. The van der Waals surface area contributed by atoms with Gasteiger partial charge in [-0.2, -0.15) is 0 Å². The van der Waals surface area contributed by atoms with E-state index in [0.29, 0.717) is 5.92 Å². The van der Waals surface area contributed by atoms with Crippen molar-refractivity contribution in [2.24, 2.45) is 0 Å². The van der Waals surface area contributed by atoms with Crippen LogP contribution in [0.5, 0.6) is 0 Å². The Morgan fingerprint density at radius 1 is 0.488 bits per heavy atom. The van der Waals surface area contributed by atoms with Crippen LogP contribution >= 0.6 is 22.7 Å². The fourth-order valence-electron chi connectivity index (χ4n) is 6.99. The number of hydrogen-bond acceptors (Lipinski definition) is 2. The van der Waals surface area contributed by atoms with Crippen LogP contribution in [-0.2, 0) is 6.42 Å². The average molecular weight is 559 g/mol. The third kappa shape index (κ3) is 3.64. The molecule has 2 heteroatoms. The third-order valence-electron chi connectivity index (χ3n) is 8.93. The molecule has 0 saturated carbocycles. The lowest BCUT2D eigenvalue weighted by Crippen LogP contribution is -1.99. The molecule has 41 heavy (non-hydrogen) atoms. The Balaban J connectivity index is 1.09. The van der Waals surface area contributed by atoms with Gasteiger partial charge in [0.05, 0.1) is 0 Å². The summed E-state index contributed by atoms with van der Waals surface area (Å²) < 4.78 is 5.61. The fourth-order valence-corrected chi connectivity index (χ4v) is 9.50. The van der Waals surface area contributed by atoms with Gasteiger partial charge in [-0.05, 0) is 70.0 Å². The molecule has 2 heterocycles. The Kier molecular flexibility index (Phi) is 5.23. The number of fused-ring (bicyclic) bond motifs is 10. The molecule has 0 N–H and O–H groups in total. The van der Waals surface area contributed by atoms with Crippen LogP contribution in [0, 0.1) is 0 Å². The fraction of sp³-hybridized carbons (Fsp3) is 0.0769. The van der Waals surface area contributed by atoms with Crippen LogP contribution in [0.1, 0.15) is 29.0 Å². The van der Waals surface area contributed by atoms with Crippen molar-refractivity contribution in [2.45, 2.75) is 18.8 Å². The molecule has 0 aliphatic heterocycles. The lowest BCUT2D eigenvalue weighted by Gasteiger charge is -2.15. The van der Waals surface area contributed by atoms with E-state index in [-0.39, 0.29) is 0 Å². The summed E-state index contributed by atoms with van der Waals surface area (Å²) in [6, 6.07) is 47.5. The molecule has 6 aromatic carbocycles. The van der Waals surface area contributed by atoms with Gasteiger partial charge in [0, 0.05) is 46.3 Å². The molecular weight excluding hydrogens is 533 g/mol. The smallest absolute Gasteiger partial charge is 0.0399 e. The Morgan fingerprint density at radius 2 is 1.22 bits per heavy atom. The lowest BCUT2D eigenvalue weighted by molar-refractivity contribution is 0.735. The first-order valence-electron chi connectivity index (χ1n) is 14.4. The van der Waals surface area contributed by atoms with E-state index in [1.54, 1.807) is 5.56 Å². The maximum atomic E-state index is 2.45. The Hall–Kier alpha value is -4.24. The van der Waals surface area contributed by atoms with Gasteiger partial charge in [-0.25, -0.2) is 0 Å². The molecule has 9 rings (SSSR count). The quantitative estimate of drug-likeness (QED) is 0.201. The van der Waals surface area contributed by atoms with Gasteiger partial charge in [0.1, 0.15) is 0 Å². The topological polar surface area (TPSA) is 0 Å². The highest BCUT2D eigenvalue weighted by Crippen LogP contribution is 2.52. The Morgan fingerprint density at radius 3 is 2.15 bits per heavy atom. The van der Waals surface area contributed by atoms with Crippen LogP contribution in [0.15, 0.2) is 127 Å². The van der Waals surface area contributed by atoms with Gasteiger partial charge in [0.15, 0.2) is 0 Å². The van der Waals surface area contributed by atoms with E-state index < -0.39 is 0 Å². The molecule has 194 valence electrons. The van der Waals surface area contributed by atoms with Crippen molar-refractivity contribution in [3.8, 4) is 22.3 Å². The minimum absolute atomic E-state index is 0.421. The van der Waals surface area contributed by atoms with Crippen LogP contribution < -0.4 is 0 Å². The van der Waals surface area contributed by atoms with Crippen molar-refractivity contribution in [3.63, 3.8) is 0 Å². The monoisotopic (exact) mass is 558 g/mol. The lowest BCUT2D eigenvalue weighted by atomic mass is 9.89. The zero-order valence-electron chi connectivity index (χ0n) is 22.4. The molecule has 0 fully saturated rings.